The number of aliphatic hydroxyl groups is 1. The second-order valence-corrected chi connectivity index (χ2v) is 10.6. The molecule has 1 saturated carbocycles. The molecular weight excluding hydrogens is 418 g/mol. The van der Waals surface area contributed by atoms with E-state index in [1.807, 2.05) is 7.05 Å². The minimum atomic E-state index is -0.188. The summed E-state index contributed by atoms with van der Waals surface area (Å²) in [6.45, 7) is 5.38. The Balaban J connectivity index is 1.20. The van der Waals surface area contributed by atoms with E-state index >= 15 is 0 Å². The lowest BCUT2D eigenvalue weighted by atomic mass is 9.77. The maximum Gasteiger partial charge on any atom is 0.0677 e. The van der Waals surface area contributed by atoms with Crippen molar-refractivity contribution in [3.63, 3.8) is 0 Å². The van der Waals surface area contributed by atoms with Crippen LogP contribution in [-0.2, 0) is 6.42 Å². The van der Waals surface area contributed by atoms with E-state index < -0.39 is 0 Å². The van der Waals surface area contributed by atoms with Crippen LogP contribution in [0.3, 0.4) is 0 Å². The molecule has 0 spiro atoms. The Morgan fingerprint density at radius 1 is 1.18 bits per heavy atom. The molecule has 4 heteroatoms. The van der Waals surface area contributed by atoms with Crippen LogP contribution in [-0.4, -0.2) is 41.9 Å². The number of nitrogens with zero attached hydrogens (tertiary/aromatic N) is 1. The van der Waals surface area contributed by atoms with Gasteiger partial charge in [-0.15, -0.1) is 0 Å². The molecular formula is C30H43N3O. The Morgan fingerprint density at radius 3 is 2.71 bits per heavy atom. The zero-order valence-electron chi connectivity index (χ0n) is 21.3. The maximum absolute atomic E-state index is 10.6. The summed E-state index contributed by atoms with van der Waals surface area (Å²) in [6, 6.07) is 7.29. The van der Waals surface area contributed by atoms with Crippen LogP contribution < -0.4 is 10.6 Å². The van der Waals surface area contributed by atoms with Gasteiger partial charge in [-0.1, -0.05) is 54.9 Å². The summed E-state index contributed by atoms with van der Waals surface area (Å²) in [4.78, 5) is 5.03. The third-order valence-corrected chi connectivity index (χ3v) is 8.15. The van der Waals surface area contributed by atoms with Gasteiger partial charge in [0.25, 0.3) is 0 Å². The number of likely N-dealkylation sites (N-methyl/N-ethyl adjacent to an activating group) is 1. The molecule has 34 heavy (non-hydrogen) atoms. The van der Waals surface area contributed by atoms with Crippen LogP contribution in [0.5, 0.6) is 0 Å². The van der Waals surface area contributed by atoms with Gasteiger partial charge in [-0.3, -0.25) is 4.98 Å². The van der Waals surface area contributed by atoms with Crippen molar-refractivity contribution in [3.05, 3.63) is 71.1 Å². The first-order valence-electron chi connectivity index (χ1n) is 13.3. The van der Waals surface area contributed by atoms with Crippen molar-refractivity contribution < 1.29 is 5.11 Å². The van der Waals surface area contributed by atoms with Gasteiger partial charge in [0, 0.05) is 18.3 Å². The molecule has 1 fully saturated rings. The Hall–Kier alpha value is -2.01. The topological polar surface area (TPSA) is 57.2 Å². The normalized spacial score (nSPS) is 29.2. The summed E-state index contributed by atoms with van der Waals surface area (Å²) in [5.41, 5.74) is 6.49. The van der Waals surface area contributed by atoms with Crippen LogP contribution in [0, 0.1) is 11.8 Å². The maximum atomic E-state index is 10.6. The molecule has 0 amide bonds. The largest absolute Gasteiger partial charge is 0.393 e. The second kappa shape index (κ2) is 12.1. The first-order valence-corrected chi connectivity index (χ1v) is 13.3. The van der Waals surface area contributed by atoms with Crippen molar-refractivity contribution in [2.45, 2.75) is 83.4 Å². The van der Waals surface area contributed by atoms with E-state index in [0.29, 0.717) is 18.0 Å². The average molecular weight is 462 g/mol. The first kappa shape index (κ1) is 25.1. The smallest absolute Gasteiger partial charge is 0.0677 e. The van der Waals surface area contributed by atoms with Gasteiger partial charge < -0.3 is 15.7 Å². The molecule has 0 saturated heterocycles. The lowest BCUT2D eigenvalue weighted by molar-refractivity contribution is 0.115. The van der Waals surface area contributed by atoms with Crippen LogP contribution in [0.1, 0.15) is 70.2 Å². The summed E-state index contributed by atoms with van der Waals surface area (Å²) in [5, 5.41) is 17.5. The molecule has 0 aromatic carbocycles. The Kier molecular flexibility index (Phi) is 8.93. The van der Waals surface area contributed by atoms with E-state index in [1.165, 1.54) is 48.1 Å². The molecule has 2 heterocycles. The Morgan fingerprint density at radius 2 is 1.97 bits per heavy atom. The van der Waals surface area contributed by atoms with Crippen molar-refractivity contribution in [1.82, 2.24) is 15.6 Å². The standard InChI is InChI=1S/C30H43N3O/c1-21-22(2)32-20-28(21)30-13-7-10-26(33-30)18-23-14-16-24(17-15-23)19-27(34)11-6-9-25-8-4-5-12-29(25)31-3/h4-5,7-10,12-13,22-24,27,29,31-32,34H,6,11,14-20H2,1-3H3/b25-9-. The molecule has 184 valence electrons. The fourth-order valence-corrected chi connectivity index (χ4v) is 5.79. The molecule has 4 nitrogen and oxygen atoms in total. The third-order valence-electron chi connectivity index (χ3n) is 8.15. The summed E-state index contributed by atoms with van der Waals surface area (Å²) in [7, 11) is 1.99. The zero-order chi connectivity index (χ0) is 23.9. The third kappa shape index (κ3) is 6.56. The number of rotatable bonds is 9. The fraction of sp³-hybridized carbons (Fsp3) is 0.567. The summed E-state index contributed by atoms with van der Waals surface area (Å²) >= 11 is 0. The quantitative estimate of drug-likeness (QED) is 0.463. The van der Waals surface area contributed by atoms with Gasteiger partial charge in [0.15, 0.2) is 0 Å². The van der Waals surface area contributed by atoms with Gasteiger partial charge in [0.05, 0.1) is 17.8 Å². The number of hydrogen-bond donors (Lipinski definition) is 3. The van der Waals surface area contributed by atoms with Gasteiger partial charge in [-0.05, 0) is 94.5 Å². The lowest BCUT2D eigenvalue weighted by Gasteiger charge is -2.29. The molecule has 2 aliphatic carbocycles. The molecule has 1 aromatic rings. The highest BCUT2D eigenvalue weighted by atomic mass is 16.3. The molecule has 1 aliphatic heterocycles. The minimum Gasteiger partial charge on any atom is -0.393 e. The highest BCUT2D eigenvalue weighted by Crippen LogP contribution is 2.34. The average Bonchev–Trinajstić information content (AvgIpc) is 3.19. The fourth-order valence-electron chi connectivity index (χ4n) is 5.79. The van der Waals surface area contributed by atoms with E-state index in [2.05, 4.69) is 73.1 Å². The van der Waals surface area contributed by atoms with Crippen molar-refractivity contribution in [2.75, 3.05) is 13.6 Å². The number of pyridine rings is 1. The minimum absolute atomic E-state index is 0.188. The number of aromatic nitrogens is 1. The van der Waals surface area contributed by atoms with Gasteiger partial charge in [0.2, 0.25) is 0 Å². The van der Waals surface area contributed by atoms with Crippen LogP contribution >= 0.6 is 0 Å². The van der Waals surface area contributed by atoms with E-state index in [9.17, 15) is 5.11 Å². The molecule has 3 atom stereocenters. The summed E-state index contributed by atoms with van der Waals surface area (Å²) < 4.78 is 0. The van der Waals surface area contributed by atoms with E-state index in [4.69, 9.17) is 4.98 Å². The number of aliphatic hydroxyl groups excluding tert-OH is 1. The van der Waals surface area contributed by atoms with Crippen LogP contribution in [0.4, 0.5) is 0 Å². The lowest BCUT2D eigenvalue weighted by Crippen LogP contribution is -2.25. The molecule has 0 radical (unpaired) electrons. The zero-order valence-corrected chi connectivity index (χ0v) is 21.3. The van der Waals surface area contributed by atoms with E-state index in [-0.39, 0.29) is 6.10 Å². The number of nitrogens with one attached hydrogen (secondary N) is 2. The van der Waals surface area contributed by atoms with E-state index in [1.54, 1.807) is 0 Å². The molecule has 4 rings (SSSR count). The van der Waals surface area contributed by atoms with Gasteiger partial charge in [0.1, 0.15) is 0 Å². The summed E-state index contributed by atoms with van der Waals surface area (Å²) in [6.07, 6.45) is 19.4. The molecule has 3 unspecified atom stereocenters. The Bertz CT molecular complexity index is 936. The molecule has 3 N–H and O–H groups in total. The van der Waals surface area contributed by atoms with Gasteiger partial charge >= 0.3 is 0 Å². The predicted molar refractivity (Wildman–Crippen MR) is 143 cm³/mol. The van der Waals surface area contributed by atoms with E-state index in [0.717, 1.165) is 43.8 Å². The van der Waals surface area contributed by atoms with Crippen molar-refractivity contribution >= 4 is 5.57 Å². The summed E-state index contributed by atoms with van der Waals surface area (Å²) in [5.74, 6) is 1.39. The van der Waals surface area contributed by atoms with Crippen LogP contribution in [0.2, 0.25) is 0 Å². The number of allylic oxidation sites excluding steroid dienone is 3. The highest BCUT2D eigenvalue weighted by molar-refractivity contribution is 5.70. The number of hydrogen-bond acceptors (Lipinski definition) is 4. The predicted octanol–water partition coefficient (Wildman–Crippen LogP) is 5.37. The van der Waals surface area contributed by atoms with Crippen molar-refractivity contribution in [2.24, 2.45) is 11.8 Å². The highest BCUT2D eigenvalue weighted by Gasteiger charge is 2.24. The Labute approximate surface area is 206 Å². The van der Waals surface area contributed by atoms with Crippen molar-refractivity contribution in [1.29, 1.82) is 0 Å². The van der Waals surface area contributed by atoms with Crippen molar-refractivity contribution in [3.8, 4) is 0 Å². The van der Waals surface area contributed by atoms with Gasteiger partial charge in [-0.25, -0.2) is 0 Å². The first-order chi connectivity index (χ1) is 16.5. The molecule has 0 bridgehead atoms. The monoisotopic (exact) mass is 461 g/mol. The SMILES string of the molecule is CNC1C=CC=C/C1=C/CCC(O)CC1CCC(Cc2cccc(C3=C(C)C(C)NC3)n2)CC1. The molecule has 3 aliphatic rings. The van der Waals surface area contributed by atoms with Crippen LogP contribution in [0.15, 0.2) is 59.7 Å². The molecule has 1 aromatic heterocycles. The van der Waals surface area contributed by atoms with Crippen LogP contribution in [0.25, 0.3) is 5.57 Å². The second-order valence-electron chi connectivity index (χ2n) is 10.6. The van der Waals surface area contributed by atoms with Gasteiger partial charge in [-0.2, -0.15) is 0 Å².